The minimum atomic E-state index is -0.745. The second kappa shape index (κ2) is 3.32. The molecular weight excluding hydrogens is 166 g/mol. The first-order chi connectivity index (χ1) is 5.97. The monoisotopic (exact) mass is 181 g/mol. The molecule has 4 heteroatoms. The van der Waals surface area contributed by atoms with Crippen LogP contribution in [0.25, 0.3) is 0 Å². The molecule has 1 heterocycles. The summed E-state index contributed by atoms with van der Waals surface area (Å²) < 4.78 is 0. The fourth-order valence-electron chi connectivity index (χ4n) is 1.26. The summed E-state index contributed by atoms with van der Waals surface area (Å²) in [4.78, 5) is 3.94. The molecule has 1 aromatic rings. The average molecular weight is 181 g/mol. The number of rotatable bonds is 2. The molecule has 4 nitrogen and oxygen atoms in total. The van der Waals surface area contributed by atoms with Crippen molar-refractivity contribution < 1.29 is 5.11 Å². The quantitative estimate of drug-likeness (QED) is 0.605. The van der Waals surface area contributed by atoms with Gasteiger partial charge in [-0.2, -0.15) is 0 Å². The Balaban J connectivity index is 3.16. The highest BCUT2D eigenvalue weighted by Crippen LogP contribution is 2.21. The van der Waals surface area contributed by atoms with E-state index in [4.69, 9.17) is 16.6 Å². The molecule has 0 saturated heterocycles. The number of pyridine rings is 1. The number of aliphatic hydroxyl groups excluding tert-OH is 1. The number of aryl methyl sites for hydroxylation is 1. The fraction of sp³-hybridized carbons (Fsp3) is 0.444. The maximum absolute atomic E-state index is 9.06. The van der Waals surface area contributed by atoms with Crippen LogP contribution in [0, 0.1) is 6.92 Å². The predicted molar refractivity (Wildman–Crippen MR) is 52.0 cm³/mol. The molecule has 0 aromatic carbocycles. The Kier molecular flexibility index (Phi) is 2.54. The first-order valence-electron chi connectivity index (χ1n) is 4.09. The van der Waals surface area contributed by atoms with Crippen molar-refractivity contribution in [1.29, 1.82) is 0 Å². The highest BCUT2D eigenvalue weighted by Gasteiger charge is 2.22. The van der Waals surface area contributed by atoms with Gasteiger partial charge in [-0.1, -0.05) is 0 Å². The van der Waals surface area contributed by atoms with Gasteiger partial charge < -0.3 is 16.6 Å². The largest absolute Gasteiger partial charge is 0.394 e. The van der Waals surface area contributed by atoms with E-state index in [2.05, 4.69) is 4.98 Å². The van der Waals surface area contributed by atoms with Gasteiger partial charge in [-0.25, -0.2) is 4.98 Å². The molecule has 72 valence electrons. The van der Waals surface area contributed by atoms with Gasteiger partial charge in [-0.05, 0) is 31.0 Å². The molecule has 0 spiro atoms. The summed E-state index contributed by atoms with van der Waals surface area (Å²) in [5.74, 6) is 0.468. The van der Waals surface area contributed by atoms with Crippen LogP contribution in [0.5, 0.6) is 0 Å². The minimum absolute atomic E-state index is 0.112. The molecule has 5 N–H and O–H groups in total. The van der Waals surface area contributed by atoms with E-state index in [0.29, 0.717) is 5.82 Å². The minimum Gasteiger partial charge on any atom is -0.394 e. The lowest BCUT2D eigenvalue weighted by Crippen LogP contribution is -2.37. The third-order valence-electron chi connectivity index (χ3n) is 2.08. The van der Waals surface area contributed by atoms with Gasteiger partial charge in [0, 0.05) is 6.20 Å². The Morgan fingerprint density at radius 3 is 2.69 bits per heavy atom. The lowest BCUT2D eigenvalue weighted by Gasteiger charge is -2.23. The van der Waals surface area contributed by atoms with E-state index >= 15 is 0 Å². The zero-order valence-corrected chi connectivity index (χ0v) is 7.91. The molecule has 1 unspecified atom stereocenters. The Bertz CT molecular complexity index is 310. The molecule has 1 aromatic heterocycles. The molecule has 0 saturated carbocycles. The van der Waals surface area contributed by atoms with E-state index in [1.54, 1.807) is 19.2 Å². The van der Waals surface area contributed by atoms with Crippen molar-refractivity contribution in [2.24, 2.45) is 5.73 Å². The Morgan fingerprint density at radius 2 is 2.23 bits per heavy atom. The van der Waals surface area contributed by atoms with Crippen molar-refractivity contribution in [3.05, 3.63) is 23.4 Å². The van der Waals surface area contributed by atoms with E-state index in [0.717, 1.165) is 11.1 Å². The fourth-order valence-corrected chi connectivity index (χ4v) is 1.26. The van der Waals surface area contributed by atoms with E-state index in [-0.39, 0.29) is 6.61 Å². The highest BCUT2D eigenvalue weighted by atomic mass is 16.3. The molecule has 0 radical (unpaired) electrons. The van der Waals surface area contributed by atoms with Crippen molar-refractivity contribution >= 4 is 5.82 Å². The third-order valence-corrected chi connectivity index (χ3v) is 2.08. The smallest absolute Gasteiger partial charge is 0.123 e. The molecule has 13 heavy (non-hydrogen) atoms. The second-order valence-corrected chi connectivity index (χ2v) is 3.50. The van der Waals surface area contributed by atoms with Gasteiger partial charge in [0.25, 0.3) is 0 Å². The number of aliphatic hydroxyl groups is 1. The lowest BCUT2D eigenvalue weighted by molar-refractivity contribution is 0.209. The zero-order chi connectivity index (χ0) is 10.1. The summed E-state index contributed by atoms with van der Waals surface area (Å²) in [7, 11) is 0. The number of anilines is 1. The molecule has 0 aliphatic carbocycles. The topological polar surface area (TPSA) is 85.2 Å². The molecule has 0 aliphatic heterocycles. The molecule has 1 atom stereocenters. The van der Waals surface area contributed by atoms with Gasteiger partial charge in [0.2, 0.25) is 0 Å². The second-order valence-electron chi connectivity index (χ2n) is 3.50. The van der Waals surface area contributed by atoms with Crippen molar-refractivity contribution in [1.82, 2.24) is 4.98 Å². The number of aromatic nitrogens is 1. The molecule has 0 fully saturated rings. The number of nitrogen functional groups attached to an aromatic ring is 1. The van der Waals surface area contributed by atoms with Gasteiger partial charge in [-0.3, -0.25) is 0 Å². The molecule has 0 aliphatic rings. The van der Waals surface area contributed by atoms with Gasteiger partial charge in [-0.15, -0.1) is 0 Å². The van der Waals surface area contributed by atoms with E-state index in [9.17, 15) is 0 Å². The van der Waals surface area contributed by atoms with Crippen LogP contribution in [0.3, 0.4) is 0 Å². The van der Waals surface area contributed by atoms with Crippen LogP contribution in [0.4, 0.5) is 5.82 Å². The number of hydrogen-bond acceptors (Lipinski definition) is 4. The van der Waals surface area contributed by atoms with E-state index in [1.807, 2.05) is 6.92 Å². The van der Waals surface area contributed by atoms with E-state index in [1.165, 1.54) is 0 Å². The van der Waals surface area contributed by atoms with E-state index < -0.39 is 5.54 Å². The Morgan fingerprint density at radius 1 is 1.62 bits per heavy atom. The SMILES string of the molecule is Cc1cc(N)ncc1C(C)(N)CO. The third kappa shape index (κ3) is 1.96. The van der Waals surface area contributed by atoms with Crippen LogP contribution < -0.4 is 11.5 Å². The molecule has 0 amide bonds. The lowest BCUT2D eigenvalue weighted by atomic mass is 9.92. The standard InChI is InChI=1S/C9H15N3O/c1-6-3-8(10)12-4-7(6)9(2,11)5-13/h3-4,13H,5,11H2,1-2H3,(H2,10,12). The van der Waals surface area contributed by atoms with Gasteiger partial charge in [0.1, 0.15) is 5.82 Å². The van der Waals surface area contributed by atoms with Crippen molar-refractivity contribution in [3.63, 3.8) is 0 Å². The highest BCUT2D eigenvalue weighted by molar-refractivity contribution is 5.39. The maximum Gasteiger partial charge on any atom is 0.123 e. The van der Waals surface area contributed by atoms with Crippen LogP contribution >= 0.6 is 0 Å². The summed E-state index contributed by atoms with van der Waals surface area (Å²) in [6.07, 6.45) is 1.61. The first kappa shape index (κ1) is 9.95. The number of nitrogens with zero attached hydrogens (tertiary/aromatic N) is 1. The van der Waals surface area contributed by atoms with Crippen LogP contribution in [0.2, 0.25) is 0 Å². The molecule has 0 bridgehead atoms. The normalized spacial score (nSPS) is 15.4. The van der Waals surface area contributed by atoms with Crippen molar-refractivity contribution in [3.8, 4) is 0 Å². The average Bonchev–Trinajstić information content (AvgIpc) is 2.03. The summed E-state index contributed by atoms with van der Waals surface area (Å²) in [6.45, 7) is 3.54. The summed E-state index contributed by atoms with van der Waals surface area (Å²) in [6, 6.07) is 1.75. The first-order valence-corrected chi connectivity index (χ1v) is 4.09. The Hall–Kier alpha value is -1.13. The summed E-state index contributed by atoms with van der Waals surface area (Å²) in [5.41, 5.74) is 12.4. The number of nitrogens with two attached hydrogens (primary N) is 2. The summed E-state index contributed by atoms with van der Waals surface area (Å²) in [5, 5.41) is 9.06. The predicted octanol–water partition coefficient (Wildman–Crippen LogP) is 0.138. The van der Waals surface area contributed by atoms with Crippen LogP contribution in [0.1, 0.15) is 18.1 Å². The zero-order valence-electron chi connectivity index (χ0n) is 7.91. The van der Waals surface area contributed by atoms with Gasteiger partial charge in [0.05, 0.1) is 12.1 Å². The van der Waals surface area contributed by atoms with Gasteiger partial charge >= 0.3 is 0 Å². The number of hydrogen-bond donors (Lipinski definition) is 3. The molecule has 1 rings (SSSR count). The van der Waals surface area contributed by atoms with Gasteiger partial charge in [0.15, 0.2) is 0 Å². The van der Waals surface area contributed by atoms with Crippen molar-refractivity contribution in [2.75, 3.05) is 12.3 Å². The van der Waals surface area contributed by atoms with Crippen LogP contribution in [-0.4, -0.2) is 16.7 Å². The van der Waals surface area contributed by atoms with Crippen molar-refractivity contribution in [2.45, 2.75) is 19.4 Å². The van der Waals surface area contributed by atoms with Crippen LogP contribution in [0.15, 0.2) is 12.3 Å². The van der Waals surface area contributed by atoms with Crippen LogP contribution in [-0.2, 0) is 5.54 Å². The Labute approximate surface area is 77.6 Å². The maximum atomic E-state index is 9.06. The summed E-state index contributed by atoms with van der Waals surface area (Å²) >= 11 is 0. The molecular formula is C9H15N3O.